The molecule has 1 aromatic rings. The predicted molar refractivity (Wildman–Crippen MR) is 78.6 cm³/mol. The number of imide groups is 1. The number of carbonyl (C=O) groups excluding carboxylic acids is 2. The Kier molecular flexibility index (Phi) is 3.49. The molecule has 0 saturated carbocycles. The summed E-state index contributed by atoms with van der Waals surface area (Å²) in [6.07, 6.45) is 10.4. The standard InChI is InChI=1S/C17H15NO3/c1-2-11-21-13-9-7-12(8-10-13)18-16(19)14-5-3-4-6-15(14)17(18)20/h1,3-4,7-10,14-15H,5-6,11H2. The van der Waals surface area contributed by atoms with Crippen LogP contribution in [-0.4, -0.2) is 18.4 Å². The van der Waals surface area contributed by atoms with Crippen LogP contribution < -0.4 is 9.64 Å². The lowest BCUT2D eigenvalue weighted by Gasteiger charge is -2.15. The van der Waals surface area contributed by atoms with Crippen LogP contribution in [0.2, 0.25) is 0 Å². The van der Waals surface area contributed by atoms with Gasteiger partial charge < -0.3 is 4.74 Å². The van der Waals surface area contributed by atoms with Crippen LogP contribution in [-0.2, 0) is 9.59 Å². The zero-order valence-electron chi connectivity index (χ0n) is 11.5. The summed E-state index contributed by atoms with van der Waals surface area (Å²) in [5.74, 6) is 2.38. The Morgan fingerprint density at radius 3 is 2.19 bits per heavy atom. The molecule has 0 N–H and O–H groups in total. The largest absolute Gasteiger partial charge is 0.481 e. The summed E-state index contributed by atoms with van der Waals surface area (Å²) in [5.41, 5.74) is 0.590. The van der Waals surface area contributed by atoms with Gasteiger partial charge in [-0.2, -0.15) is 0 Å². The van der Waals surface area contributed by atoms with Crippen LogP contribution in [0.15, 0.2) is 36.4 Å². The number of terminal acetylenes is 1. The van der Waals surface area contributed by atoms with Crippen molar-refractivity contribution in [1.29, 1.82) is 0 Å². The molecule has 1 aromatic carbocycles. The number of allylic oxidation sites excluding steroid dienone is 2. The second kappa shape index (κ2) is 5.45. The SMILES string of the molecule is C#CCOc1ccc(N2C(=O)C3CC=CCC3C2=O)cc1. The molecule has 3 rings (SSSR count). The van der Waals surface area contributed by atoms with Gasteiger partial charge in [0.2, 0.25) is 11.8 Å². The fourth-order valence-electron chi connectivity index (χ4n) is 2.87. The summed E-state index contributed by atoms with van der Waals surface area (Å²) in [6, 6.07) is 6.86. The molecule has 2 unspecified atom stereocenters. The number of hydrogen-bond acceptors (Lipinski definition) is 3. The summed E-state index contributed by atoms with van der Waals surface area (Å²) >= 11 is 0. The number of nitrogens with zero attached hydrogens (tertiary/aromatic N) is 1. The van der Waals surface area contributed by atoms with E-state index in [4.69, 9.17) is 11.2 Å². The lowest BCUT2D eigenvalue weighted by molar-refractivity contribution is -0.122. The Morgan fingerprint density at radius 2 is 1.67 bits per heavy atom. The van der Waals surface area contributed by atoms with E-state index in [1.165, 1.54) is 4.90 Å². The Bertz CT molecular complexity index is 613. The molecule has 2 atom stereocenters. The predicted octanol–water partition coefficient (Wildman–Crippen LogP) is 2.15. The highest BCUT2D eigenvalue weighted by Crippen LogP contribution is 2.37. The highest BCUT2D eigenvalue weighted by molar-refractivity contribution is 6.22. The van der Waals surface area contributed by atoms with E-state index >= 15 is 0 Å². The topological polar surface area (TPSA) is 46.6 Å². The van der Waals surface area contributed by atoms with Gasteiger partial charge in [0.25, 0.3) is 0 Å². The van der Waals surface area contributed by atoms with E-state index in [-0.39, 0.29) is 30.3 Å². The lowest BCUT2D eigenvalue weighted by Crippen LogP contribution is -2.30. The van der Waals surface area contributed by atoms with Crippen LogP contribution >= 0.6 is 0 Å². The van der Waals surface area contributed by atoms with E-state index in [2.05, 4.69) is 5.92 Å². The number of ether oxygens (including phenoxy) is 1. The average molecular weight is 281 g/mol. The summed E-state index contributed by atoms with van der Waals surface area (Å²) in [6.45, 7) is 0.191. The van der Waals surface area contributed by atoms with Gasteiger partial charge in [0.1, 0.15) is 12.4 Å². The summed E-state index contributed by atoms with van der Waals surface area (Å²) in [5, 5.41) is 0. The first-order valence-corrected chi connectivity index (χ1v) is 6.91. The summed E-state index contributed by atoms with van der Waals surface area (Å²) in [7, 11) is 0. The van der Waals surface area contributed by atoms with E-state index in [1.54, 1.807) is 24.3 Å². The first kappa shape index (κ1) is 13.4. The van der Waals surface area contributed by atoms with E-state index < -0.39 is 0 Å². The molecule has 106 valence electrons. The van der Waals surface area contributed by atoms with Crippen molar-refractivity contribution in [2.75, 3.05) is 11.5 Å². The molecule has 0 aromatic heterocycles. The van der Waals surface area contributed by atoms with Crippen LogP contribution in [0.3, 0.4) is 0 Å². The Balaban J connectivity index is 1.82. The number of amides is 2. The third-order valence-corrected chi connectivity index (χ3v) is 3.92. The van der Waals surface area contributed by atoms with Gasteiger partial charge in [-0.1, -0.05) is 18.1 Å². The summed E-state index contributed by atoms with van der Waals surface area (Å²) in [4.78, 5) is 26.1. The minimum absolute atomic E-state index is 0.105. The van der Waals surface area contributed by atoms with Crippen LogP contribution in [0, 0.1) is 24.2 Å². The number of anilines is 1. The van der Waals surface area contributed by atoms with E-state index in [9.17, 15) is 9.59 Å². The monoisotopic (exact) mass is 281 g/mol. The van der Waals surface area contributed by atoms with Crippen molar-refractivity contribution >= 4 is 17.5 Å². The van der Waals surface area contributed by atoms with Gasteiger partial charge in [-0.15, -0.1) is 6.42 Å². The minimum Gasteiger partial charge on any atom is -0.481 e. The molecule has 1 aliphatic carbocycles. The van der Waals surface area contributed by atoms with E-state index in [0.29, 0.717) is 24.3 Å². The van der Waals surface area contributed by atoms with Crippen molar-refractivity contribution in [3.05, 3.63) is 36.4 Å². The van der Waals surface area contributed by atoms with Gasteiger partial charge in [-0.25, -0.2) is 0 Å². The number of benzene rings is 1. The number of hydrogen-bond donors (Lipinski definition) is 0. The normalized spacial score (nSPS) is 23.9. The zero-order chi connectivity index (χ0) is 14.8. The molecule has 1 fully saturated rings. The van der Waals surface area contributed by atoms with E-state index in [0.717, 1.165) is 0 Å². The molecule has 1 saturated heterocycles. The molecule has 2 aliphatic rings. The van der Waals surface area contributed by atoms with Crippen molar-refractivity contribution in [1.82, 2.24) is 0 Å². The maximum atomic E-state index is 12.4. The van der Waals surface area contributed by atoms with Crippen LogP contribution in [0.5, 0.6) is 5.75 Å². The summed E-state index contributed by atoms with van der Waals surface area (Å²) < 4.78 is 5.29. The quantitative estimate of drug-likeness (QED) is 0.484. The highest BCUT2D eigenvalue weighted by Gasteiger charge is 2.47. The van der Waals surface area contributed by atoms with Crippen molar-refractivity contribution in [2.45, 2.75) is 12.8 Å². The maximum absolute atomic E-state index is 12.4. The first-order chi connectivity index (χ1) is 10.2. The minimum atomic E-state index is -0.208. The fourth-order valence-corrected chi connectivity index (χ4v) is 2.87. The van der Waals surface area contributed by atoms with Crippen molar-refractivity contribution in [2.24, 2.45) is 11.8 Å². The van der Waals surface area contributed by atoms with Gasteiger partial charge in [0.05, 0.1) is 17.5 Å². The van der Waals surface area contributed by atoms with Crippen molar-refractivity contribution < 1.29 is 14.3 Å². The Labute approximate surface area is 123 Å². The van der Waals surface area contributed by atoms with Gasteiger partial charge in [0, 0.05) is 0 Å². The Morgan fingerprint density at radius 1 is 1.10 bits per heavy atom. The van der Waals surface area contributed by atoms with Gasteiger partial charge >= 0.3 is 0 Å². The highest BCUT2D eigenvalue weighted by atomic mass is 16.5. The van der Waals surface area contributed by atoms with E-state index in [1.807, 2.05) is 12.2 Å². The van der Waals surface area contributed by atoms with Crippen molar-refractivity contribution in [3.63, 3.8) is 0 Å². The fraction of sp³-hybridized carbons (Fsp3) is 0.294. The number of rotatable bonds is 3. The average Bonchev–Trinajstić information content (AvgIpc) is 2.78. The second-order valence-corrected chi connectivity index (χ2v) is 5.15. The zero-order valence-corrected chi connectivity index (χ0v) is 11.5. The molecule has 4 heteroatoms. The molecule has 2 amide bonds. The molecule has 0 spiro atoms. The molecule has 21 heavy (non-hydrogen) atoms. The molecule has 1 aliphatic heterocycles. The van der Waals surface area contributed by atoms with Crippen molar-refractivity contribution in [3.8, 4) is 18.1 Å². The molecule has 4 nitrogen and oxygen atoms in total. The molecular weight excluding hydrogens is 266 g/mol. The third kappa shape index (κ3) is 2.31. The molecule has 0 radical (unpaired) electrons. The van der Waals surface area contributed by atoms with Gasteiger partial charge in [0.15, 0.2) is 0 Å². The van der Waals surface area contributed by atoms with Crippen LogP contribution in [0.1, 0.15) is 12.8 Å². The maximum Gasteiger partial charge on any atom is 0.238 e. The molecule has 0 bridgehead atoms. The molecule has 1 heterocycles. The van der Waals surface area contributed by atoms with Gasteiger partial charge in [-0.3, -0.25) is 14.5 Å². The second-order valence-electron chi connectivity index (χ2n) is 5.15. The smallest absolute Gasteiger partial charge is 0.238 e. The third-order valence-electron chi connectivity index (χ3n) is 3.92. The van der Waals surface area contributed by atoms with Gasteiger partial charge in [-0.05, 0) is 37.1 Å². The van der Waals surface area contributed by atoms with Crippen LogP contribution in [0.25, 0.3) is 0 Å². The lowest BCUT2D eigenvalue weighted by atomic mass is 9.85. The molecular formula is C17H15NO3. The van der Waals surface area contributed by atoms with Crippen LogP contribution in [0.4, 0.5) is 5.69 Å². The number of carbonyl (C=O) groups is 2. The Hall–Kier alpha value is -2.54. The first-order valence-electron chi connectivity index (χ1n) is 6.91. The number of fused-ring (bicyclic) bond motifs is 1.